The van der Waals surface area contributed by atoms with Gasteiger partial charge < -0.3 is 0 Å². The van der Waals surface area contributed by atoms with E-state index in [0.717, 1.165) is 19.5 Å². The van der Waals surface area contributed by atoms with Crippen LogP contribution in [-0.2, 0) is 4.57 Å². The Morgan fingerprint density at radius 3 is 1.47 bits per heavy atom. The molecule has 0 spiro atoms. The molecule has 0 bridgehead atoms. The molecule has 0 atom stereocenters. The summed E-state index contributed by atoms with van der Waals surface area (Å²) in [5, 5.41) is 0. The summed E-state index contributed by atoms with van der Waals surface area (Å²) in [6, 6.07) is 0. The van der Waals surface area contributed by atoms with Crippen molar-refractivity contribution in [3.63, 3.8) is 0 Å². The highest BCUT2D eigenvalue weighted by molar-refractivity contribution is 7.39. The van der Waals surface area contributed by atoms with E-state index < -0.39 is 8.10 Å². The van der Waals surface area contributed by atoms with Gasteiger partial charge in [-0.3, -0.25) is 0 Å². The first-order valence-corrected chi connectivity index (χ1v) is 6.83. The van der Waals surface area contributed by atoms with E-state index in [4.69, 9.17) is 0 Å². The van der Waals surface area contributed by atoms with Gasteiger partial charge >= 0.3 is 8.10 Å². The summed E-state index contributed by atoms with van der Waals surface area (Å²) in [5.74, 6) is 0. The minimum atomic E-state index is -1.38. The fourth-order valence-corrected chi connectivity index (χ4v) is 3.77. The van der Waals surface area contributed by atoms with Crippen molar-refractivity contribution in [3.05, 3.63) is 0 Å². The van der Waals surface area contributed by atoms with Gasteiger partial charge in [0.15, 0.2) is 0 Å². The van der Waals surface area contributed by atoms with Gasteiger partial charge in [0.2, 0.25) is 0 Å². The second-order valence-corrected chi connectivity index (χ2v) is 7.67. The van der Waals surface area contributed by atoms with Crippen molar-refractivity contribution >= 4 is 8.10 Å². The summed E-state index contributed by atoms with van der Waals surface area (Å²) in [6.45, 7) is 14.7. The van der Waals surface area contributed by atoms with Crippen LogP contribution in [0.4, 0.5) is 0 Å². The summed E-state index contributed by atoms with van der Waals surface area (Å²) < 4.78 is 16.7. The van der Waals surface area contributed by atoms with Crippen LogP contribution in [0.2, 0.25) is 0 Å². The lowest BCUT2D eigenvalue weighted by atomic mass is 10.1. The lowest BCUT2D eigenvalue weighted by Crippen LogP contribution is -2.49. The molecule has 0 amide bonds. The van der Waals surface area contributed by atoms with E-state index >= 15 is 0 Å². The maximum absolute atomic E-state index is 12.4. The first kappa shape index (κ1) is 13.1. The zero-order valence-electron chi connectivity index (χ0n) is 10.9. The zero-order valence-corrected chi connectivity index (χ0v) is 11.8. The Bertz CT molecular complexity index is 228. The van der Waals surface area contributed by atoms with Crippen molar-refractivity contribution in [2.24, 2.45) is 0 Å². The molecule has 1 rings (SSSR count). The molecule has 1 heterocycles. The second kappa shape index (κ2) is 4.12. The topological polar surface area (TPSA) is 23.6 Å². The van der Waals surface area contributed by atoms with Crippen molar-refractivity contribution in [2.75, 3.05) is 13.1 Å². The average Bonchev–Trinajstić information content (AvgIpc) is 1.99. The number of nitrogens with zero attached hydrogens (tertiary/aromatic N) is 2. The number of hydrogen-bond acceptors (Lipinski definition) is 1. The number of rotatable bonds is 0. The molecule has 1 fully saturated rings. The predicted octanol–water partition coefficient (Wildman–Crippen LogP) is 3.25. The normalized spacial score (nSPS) is 22.1. The molecule has 15 heavy (non-hydrogen) atoms. The third-order valence-corrected chi connectivity index (χ3v) is 5.13. The molecule has 0 unspecified atom stereocenters. The maximum Gasteiger partial charge on any atom is 0.538 e. The van der Waals surface area contributed by atoms with Crippen LogP contribution in [0.1, 0.15) is 48.0 Å². The van der Waals surface area contributed by atoms with E-state index in [2.05, 4.69) is 50.9 Å². The summed E-state index contributed by atoms with van der Waals surface area (Å²) in [6.07, 6.45) is 1.11. The molecule has 88 valence electrons. The molecular formula is C11H24N2OP+. The van der Waals surface area contributed by atoms with Gasteiger partial charge in [-0.1, -0.05) is 9.34 Å². The van der Waals surface area contributed by atoms with E-state index in [-0.39, 0.29) is 11.1 Å². The van der Waals surface area contributed by atoms with Crippen molar-refractivity contribution in [1.29, 1.82) is 0 Å². The fraction of sp³-hybridized carbons (Fsp3) is 1.00. The Morgan fingerprint density at radius 2 is 1.20 bits per heavy atom. The molecule has 0 radical (unpaired) electrons. The third kappa shape index (κ3) is 2.99. The monoisotopic (exact) mass is 231 g/mol. The summed E-state index contributed by atoms with van der Waals surface area (Å²) in [5.41, 5.74) is -0.00521. The van der Waals surface area contributed by atoms with Crippen LogP contribution >= 0.6 is 8.10 Å². The average molecular weight is 231 g/mol. The summed E-state index contributed by atoms with van der Waals surface area (Å²) in [7, 11) is -1.38. The van der Waals surface area contributed by atoms with Crippen LogP contribution < -0.4 is 0 Å². The van der Waals surface area contributed by atoms with Crippen LogP contribution in [-0.4, -0.2) is 33.5 Å². The molecular weight excluding hydrogens is 207 g/mol. The molecule has 1 saturated heterocycles. The molecule has 1 aliphatic rings. The van der Waals surface area contributed by atoms with Crippen molar-refractivity contribution in [3.8, 4) is 0 Å². The predicted molar refractivity (Wildman–Crippen MR) is 65.1 cm³/mol. The molecule has 0 N–H and O–H groups in total. The highest BCUT2D eigenvalue weighted by atomic mass is 31.1. The largest absolute Gasteiger partial charge is 0.538 e. The van der Waals surface area contributed by atoms with Crippen LogP contribution in [0.15, 0.2) is 0 Å². The Kier molecular flexibility index (Phi) is 3.59. The van der Waals surface area contributed by atoms with Gasteiger partial charge in [0.1, 0.15) is 0 Å². The van der Waals surface area contributed by atoms with Gasteiger partial charge in [-0.05, 0) is 52.5 Å². The molecule has 0 aliphatic carbocycles. The standard InChI is InChI=1S/C11H24N2OP/c1-10(2,3)12-8-7-9-13(15(12)14)11(4,5)6/h7-9H2,1-6H3/q+1. The van der Waals surface area contributed by atoms with E-state index in [1.165, 1.54) is 0 Å². The molecule has 0 aromatic rings. The van der Waals surface area contributed by atoms with Gasteiger partial charge in [-0.15, -0.1) is 0 Å². The van der Waals surface area contributed by atoms with Crippen LogP contribution in [0.5, 0.6) is 0 Å². The molecule has 0 aromatic heterocycles. The SMILES string of the molecule is CC(C)(C)N1CCCN(C(C)(C)C)[P+]1=O. The second-order valence-electron chi connectivity index (χ2n) is 6.19. The Hall–Kier alpha value is 0.0200. The van der Waals surface area contributed by atoms with Gasteiger partial charge in [-0.2, -0.15) is 0 Å². The number of hydrogen-bond donors (Lipinski definition) is 0. The van der Waals surface area contributed by atoms with Gasteiger partial charge in [-0.25, -0.2) is 0 Å². The minimum Gasteiger partial charge on any atom is -0.0737 e. The van der Waals surface area contributed by atoms with E-state index in [0.29, 0.717) is 0 Å². The Balaban J connectivity index is 2.86. The quantitative estimate of drug-likeness (QED) is 0.598. The van der Waals surface area contributed by atoms with Crippen molar-refractivity contribution in [2.45, 2.75) is 59.0 Å². The fourth-order valence-electron chi connectivity index (χ4n) is 1.86. The zero-order chi connectivity index (χ0) is 11.9. The third-order valence-electron chi connectivity index (χ3n) is 2.70. The maximum atomic E-state index is 12.4. The molecule has 3 nitrogen and oxygen atoms in total. The molecule has 1 aliphatic heterocycles. The van der Waals surface area contributed by atoms with Gasteiger partial charge in [0, 0.05) is 13.1 Å². The van der Waals surface area contributed by atoms with Gasteiger partial charge in [0.05, 0.1) is 11.1 Å². The first-order valence-electron chi connectivity index (χ1n) is 5.66. The van der Waals surface area contributed by atoms with E-state index in [1.54, 1.807) is 0 Å². The minimum absolute atomic E-state index is 0.00261. The van der Waals surface area contributed by atoms with E-state index in [1.807, 2.05) is 0 Å². The lowest BCUT2D eigenvalue weighted by Gasteiger charge is -2.36. The Morgan fingerprint density at radius 1 is 0.867 bits per heavy atom. The van der Waals surface area contributed by atoms with Crippen molar-refractivity contribution < 1.29 is 4.57 Å². The first-order chi connectivity index (χ1) is 6.64. The molecule has 4 heteroatoms. The summed E-state index contributed by atoms with van der Waals surface area (Å²) >= 11 is 0. The van der Waals surface area contributed by atoms with Crippen LogP contribution in [0.25, 0.3) is 0 Å². The smallest absolute Gasteiger partial charge is 0.0737 e. The lowest BCUT2D eigenvalue weighted by molar-refractivity contribution is 0.156. The van der Waals surface area contributed by atoms with E-state index in [9.17, 15) is 4.57 Å². The van der Waals surface area contributed by atoms with Crippen LogP contribution in [0.3, 0.4) is 0 Å². The highest BCUT2D eigenvalue weighted by Gasteiger charge is 2.49. The van der Waals surface area contributed by atoms with Gasteiger partial charge in [0.25, 0.3) is 0 Å². The van der Waals surface area contributed by atoms with Crippen molar-refractivity contribution in [1.82, 2.24) is 9.34 Å². The molecule has 0 saturated carbocycles. The van der Waals surface area contributed by atoms with Crippen LogP contribution in [0, 0.1) is 0 Å². The summed E-state index contributed by atoms with van der Waals surface area (Å²) in [4.78, 5) is 0. The Labute approximate surface area is 94.7 Å². The highest BCUT2D eigenvalue weighted by Crippen LogP contribution is 2.45. The molecule has 0 aromatic carbocycles.